The van der Waals surface area contributed by atoms with Gasteiger partial charge >= 0.3 is 0 Å². The largest absolute Gasteiger partial charge is 0.0988 e. The van der Waals surface area contributed by atoms with Gasteiger partial charge in [-0.3, -0.25) is 0 Å². The van der Waals surface area contributed by atoms with Crippen molar-refractivity contribution in [2.45, 2.75) is 40.0 Å². The van der Waals surface area contributed by atoms with Gasteiger partial charge in [0.15, 0.2) is 0 Å². The summed E-state index contributed by atoms with van der Waals surface area (Å²) in [6.45, 7) is 11.4. The minimum Gasteiger partial charge on any atom is -0.0988 e. The first kappa shape index (κ1) is 7.39. The predicted molar refractivity (Wildman–Crippen MR) is 48.4 cm³/mol. The van der Waals surface area contributed by atoms with Gasteiger partial charge in [0.1, 0.15) is 0 Å². The molecule has 2 aliphatic carbocycles. The summed E-state index contributed by atoms with van der Waals surface area (Å²) in [5.41, 5.74) is 2.46. The fourth-order valence-electron chi connectivity index (χ4n) is 3.16. The first-order valence-electron chi connectivity index (χ1n) is 4.67. The molecular weight excluding hydrogens is 132 g/mol. The number of allylic oxidation sites excluding steroid dienone is 1. The average Bonchev–Trinajstić information content (AvgIpc) is 2.36. The van der Waals surface area contributed by atoms with Crippen LogP contribution in [0.5, 0.6) is 0 Å². The van der Waals surface area contributed by atoms with E-state index in [1.807, 2.05) is 0 Å². The molecule has 0 saturated heterocycles. The predicted octanol–water partition coefficient (Wildman–Crippen LogP) is 3.39. The highest BCUT2D eigenvalue weighted by Crippen LogP contribution is 2.64. The molecule has 2 saturated carbocycles. The highest BCUT2D eigenvalue weighted by atomic mass is 14.6. The molecule has 0 amide bonds. The minimum atomic E-state index is 0.438. The zero-order valence-electron chi connectivity index (χ0n) is 7.91. The van der Waals surface area contributed by atoms with Gasteiger partial charge in [0, 0.05) is 0 Å². The normalized spacial score (nSPS) is 46.8. The summed E-state index contributed by atoms with van der Waals surface area (Å²) in [6.07, 6.45) is 4.22. The quantitative estimate of drug-likeness (QED) is 0.464. The Balaban J connectivity index is 2.42. The maximum atomic E-state index is 4.26. The molecule has 0 aliphatic heterocycles. The molecule has 0 heterocycles. The van der Waals surface area contributed by atoms with Crippen molar-refractivity contribution in [1.82, 2.24) is 0 Å². The van der Waals surface area contributed by atoms with Gasteiger partial charge in [-0.2, -0.15) is 0 Å². The van der Waals surface area contributed by atoms with E-state index in [9.17, 15) is 0 Å². The third kappa shape index (κ3) is 0.706. The molecule has 11 heavy (non-hydrogen) atoms. The maximum Gasteiger partial charge on any atom is -0.0111 e. The fourth-order valence-corrected chi connectivity index (χ4v) is 3.16. The van der Waals surface area contributed by atoms with Crippen molar-refractivity contribution in [3.8, 4) is 0 Å². The van der Waals surface area contributed by atoms with Gasteiger partial charge in [0.2, 0.25) is 0 Å². The van der Waals surface area contributed by atoms with E-state index in [1.165, 1.54) is 24.8 Å². The lowest BCUT2D eigenvalue weighted by Gasteiger charge is -2.36. The number of hydrogen-bond donors (Lipinski definition) is 0. The third-order valence-electron chi connectivity index (χ3n) is 4.27. The summed E-state index contributed by atoms with van der Waals surface area (Å²) in [4.78, 5) is 0. The SMILES string of the molecule is C=C1C(C)(C)[C@H]2CC[C@]1(C)C2. The van der Waals surface area contributed by atoms with E-state index in [-0.39, 0.29) is 0 Å². The Bertz CT molecular complexity index is 205. The molecule has 2 atom stereocenters. The lowest BCUT2D eigenvalue weighted by molar-refractivity contribution is 0.275. The van der Waals surface area contributed by atoms with E-state index >= 15 is 0 Å². The van der Waals surface area contributed by atoms with Crippen LogP contribution in [0.15, 0.2) is 12.2 Å². The second kappa shape index (κ2) is 1.73. The van der Waals surface area contributed by atoms with Gasteiger partial charge in [0.25, 0.3) is 0 Å². The summed E-state index contributed by atoms with van der Waals surface area (Å²) in [5, 5.41) is 0. The van der Waals surface area contributed by atoms with Crippen LogP contribution in [0, 0.1) is 16.7 Å². The topological polar surface area (TPSA) is 0 Å². The molecule has 2 bridgehead atoms. The monoisotopic (exact) mass is 150 g/mol. The summed E-state index contributed by atoms with van der Waals surface area (Å²) < 4.78 is 0. The zero-order chi connectivity index (χ0) is 8.28. The molecule has 62 valence electrons. The Morgan fingerprint density at radius 3 is 2.27 bits per heavy atom. The van der Waals surface area contributed by atoms with Gasteiger partial charge in [-0.05, 0) is 36.0 Å². The van der Waals surface area contributed by atoms with Crippen molar-refractivity contribution in [2.24, 2.45) is 16.7 Å². The summed E-state index contributed by atoms with van der Waals surface area (Å²) >= 11 is 0. The van der Waals surface area contributed by atoms with Gasteiger partial charge in [0.05, 0.1) is 0 Å². The second-order valence-electron chi connectivity index (χ2n) is 5.20. The number of rotatable bonds is 0. The summed E-state index contributed by atoms with van der Waals surface area (Å²) in [6, 6.07) is 0. The summed E-state index contributed by atoms with van der Waals surface area (Å²) in [5.74, 6) is 0.931. The van der Waals surface area contributed by atoms with E-state index in [4.69, 9.17) is 0 Å². The van der Waals surface area contributed by atoms with Gasteiger partial charge < -0.3 is 0 Å². The number of hydrogen-bond acceptors (Lipinski definition) is 0. The first-order valence-corrected chi connectivity index (χ1v) is 4.67. The standard InChI is InChI=1S/C11H18/c1-8-10(2,3)9-5-6-11(8,4)7-9/h9H,1,5-7H2,2-4H3/t9-,11+/m0/s1. The van der Waals surface area contributed by atoms with Crippen molar-refractivity contribution in [2.75, 3.05) is 0 Å². The Morgan fingerprint density at radius 1 is 1.36 bits per heavy atom. The molecule has 0 radical (unpaired) electrons. The van der Waals surface area contributed by atoms with Gasteiger partial charge in [-0.1, -0.05) is 32.9 Å². The molecule has 0 heteroatoms. The van der Waals surface area contributed by atoms with E-state index in [1.54, 1.807) is 0 Å². The van der Waals surface area contributed by atoms with Crippen LogP contribution in [0.25, 0.3) is 0 Å². The van der Waals surface area contributed by atoms with Gasteiger partial charge in [-0.15, -0.1) is 0 Å². The van der Waals surface area contributed by atoms with Crippen LogP contribution in [0.4, 0.5) is 0 Å². The van der Waals surface area contributed by atoms with Crippen molar-refractivity contribution < 1.29 is 0 Å². The molecule has 0 unspecified atom stereocenters. The van der Waals surface area contributed by atoms with Crippen LogP contribution in [-0.4, -0.2) is 0 Å². The van der Waals surface area contributed by atoms with Crippen LogP contribution in [0.3, 0.4) is 0 Å². The van der Waals surface area contributed by atoms with Crippen LogP contribution in [0.1, 0.15) is 40.0 Å². The molecule has 0 aromatic rings. The number of fused-ring (bicyclic) bond motifs is 2. The van der Waals surface area contributed by atoms with Crippen molar-refractivity contribution >= 4 is 0 Å². The van der Waals surface area contributed by atoms with Crippen LogP contribution in [-0.2, 0) is 0 Å². The van der Waals surface area contributed by atoms with E-state index in [0.717, 1.165) is 5.92 Å². The molecule has 2 rings (SSSR count). The second-order valence-corrected chi connectivity index (χ2v) is 5.20. The lowest BCUT2D eigenvalue weighted by Crippen LogP contribution is -2.25. The van der Waals surface area contributed by atoms with E-state index in [2.05, 4.69) is 27.4 Å². The van der Waals surface area contributed by atoms with Crippen molar-refractivity contribution in [1.29, 1.82) is 0 Å². The van der Waals surface area contributed by atoms with E-state index < -0.39 is 0 Å². The molecule has 0 nitrogen and oxygen atoms in total. The third-order valence-corrected chi connectivity index (χ3v) is 4.27. The molecule has 0 spiro atoms. The molecule has 0 aromatic carbocycles. The highest BCUT2D eigenvalue weighted by Gasteiger charge is 2.54. The van der Waals surface area contributed by atoms with Gasteiger partial charge in [-0.25, -0.2) is 0 Å². The average molecular weight is 150 g/mol. The molecule has 0 N–H and O–H groups in total. The van der Waals surface area contributed by atoms with E-state index in [0.29, 0.717) is 10.8 Å². The van der Waals surface area contributed by atoms with Crippen molar-refractivity contribution in [3.05, 3.63) is 12.2 Å². The molecular formula is C11H18. The fraction of sp³-hybridized carbons (Fsp3) is 0.818. The highest BCUT2D eigenvalue weighted by molar-refractivity contribution is 5.28. The Morgan fingerprint density at radius 2 is 2.00 bits per heavy atom. The first-order chi connectivity index (χ1) is 4.97. The minimum absolute atomic E-state index is 0.438. The zero-order valence-corrected chi connectivity index (χ0v) is 7.91. The molecule has 2 fully saturated rings. The van der Waals surface area contributed by atoms with Crippen molar-refractivity contribution in [3.63, 3.8) is 0 Å². The maximum absolute atomic E-state index is 4.26. The Labute approximate surface area is 69.7 Å². The Hall–Kier alpha value is -0.260. The smallest absolute Gasteiger partial charge is 0.0111 e. The van der Waals surface area contributed by atoms with Crippen LogP contribution < -0.4 is 0 Å². The molecule has 2 aliphatic rings. The lowest BCUT2D eigenvalue weighted by atomic mass is 9.69. The summed E-state index contributed by atoms with van der Waals surface area (Å²) in [7, 11) is 0. The van der Waals surface area contributed by atoms with Crippen LogP contribution >= 0.6 is 0 Å². The molecule has 0 aromatic heterocycles. The van der Waals surface area contributed by atoms with Crippen LogP contribution in [0.2, 0.25) is 0 Å². The Kier molecular flexibility index (Phi) is 1.16.